The molecule has 1 rings (SSSR count). The quantitative estimate of drug-likeness (QED) is 0.205. The Bertz CT molecular complexity index is 137. The van der Waals surface area contributed by atoms with Gasteiger partial charge in [0.05, 0.1) is 5.92 Å². The largest absolute Gasteiger partial charge is 0.619 e. The number of hydrogen-bond donors (Lipinski definition) is 0. The second-order valence-corrected chi connectivity index (χ2v) is 1.76. The zero-order valence-corrected chi connectivity index (χ0v) is 4.22. The van der Waals surface area contributed by atoms with Crippen LogP contribution in [0.2, 0.25) is 0 Å². The summed E-state index contributed by atoms with van der Waals surface area (Å²) in [5, 5.41) is 10.2. The van der Waals surface area contributed by atoms with Crippen LogP contribution in [0.3, 0.4) is 0 Å². The van der Waals surface area contributed by atoms with Gasteiger partial charge < -0.3 is 5.21 Å². The van der Waals surface area contributed by atoms with E-state index >= 15 is 0 Å². The summed E-state index contributed by atoms with van der Waals surface area (Å²) in [6.07, 6.45) is 1.88. The molecule has 38 valence electrons. The van der Waals surface area contributed by atoms with E-state index in [2.05, 4.69) is 6.72 Å². The molecule has 0 aliphatic heterocycles. The molecule has 0 aromatic rings. The maximum atomic E-state index is 10.2. The molecule has 0 radical (unpaired) electrons. The Labute approximate surface area is 42.4 Å². The molecule has 1 aliphatic rings. The van der Waals surface area contributed by atoms with Crippen molar-refractivity contribution in [1.29, 1.82) is 0 Å². The second kappa shape index (κ2) is 1.09. The van der Waals surface area contributed by atoms with E-state index < -0.39 is 0 Å². The maximum Gasteiger partial charge on any atom is 0.195 e. The molecule has 0 spiro atoms. The molecule has 0 heterocycles. The van der Waals surface area contributed by atoms with Gasteiger partial charge in [0, 0.05) is 0 Å². The van der Waals surface area contributed by atoms with Crippen molar-refractivity contribution >= 4 is 6.72 Å². The van der Waals surface area contributed by atoms with Crippen LogP contribution in [0.25, 0.3) is 0 Å². The maximum absolute atomic E-state index is 10.2. The van der Waals surface area contributed by atoms with Crippen LogP contribution in [0.1, 0.15) is 6.92 Å². The summed E-state index contributed by atoms with van der Waals surface area (Å²) in [6.45, 7) is 5.12. The van der Waals surface area contributed by atoms with Crippen molar-refractivity contribution in [3.05, 3.63) is 17.0 Å². The molecule has 0 aromatic carbocycles. The van der Waals surface area contributed by atoms with Crippen LogP contribution in [0, 0.1) is 11.1 Å². The molecule has 2 nitrogen and oxygen atoms in total. The van der Waals surface area contributed by atoms with Crippen molar-refractivity contribution in [3.63, 3.8) is 0 Å². The molecule has 0 bridgehead atoms. The van der Waals surface area contributed by atoms with Crippen molar-refractivity contribution in [2.24, 2.45) is 5.92 Å². The normalized spacial score (nSPS) is 26.4. The van der Waals surface area contributed by atoms with Gasteiger partial charge in [-0.2, -0.15) is 4.74 Å². The van der Waals surface area contributed by atoms with Gasteiger partial charge in [0.2, 0.25) is 0 Å². The fourth-order valence-electron chi connectivity index (χ4n) is 0.518. The highest BCUT2D eigenvalue weighted by Crippen LogP contribution is 2.26. The lowest BCUT2D eigenvalue weighted by Gasteiger charge is -1.91. The molecule has 1 atom stereocenters. The van der Waals surface area contributed by atoms with Gasteiger partial charge in [0.15, 0.2) is 5.70 Å². The smallest absolute Gasteiger partial charge is 0.195 e. The molecule has 2 heteroatoms. The molecule has 0 amide bonds. The summed E-state index contributed by atoms with van der Waals surface area (Å²) in [5.74, 6) is 0.384. The van der Waals surface area contributed by atoms with Crippen LogP contribution < -0.4 is 0 Å². The van der Waals surface area contributed by atoms with Crippen molar-refractivity contribution in [2.75, 3.05) is 0 Å². The summed E-state index contributed by atoms with van der Waals surface area (Å²) in [6, 6.07) is 0. The first-order valence-electron chi connectivity index (χ1n) is 2.21. The second-order valence-electron chi connectivity index (χ2n) is 1.76. The SMILES string of the molecule is C=[N+]([O-])C1=CC1C. The van der Waals surface area contributed by atoms with E-state index in [9.17, 15) is 5.21 Å². The van der Waals surface area contributed by atoms with Crippen molar-refractivity contribution in [1.82, 2.24) is 0 Å². The van der Waals surface area contributed by atoms with Crippen LogP contribution >= 0.6 is 0 Å². The van der Waals surface area contributed by atoms with Crippen molar-refractivity contribution in [2.45, 2.75) is 6.92 Å². The van der Waals surface area contributed by atoms with Crippen molar-refractivity contribution in [3.8, 4) is 0 Å². The van der Waals surface area contributed by atoms with Crippen LogP contribution in [-0.4, -0.2) is 11.5 Å². The lowest BCUT2D eigenvalue weighted by Crippen LogP contribution is -1.90. The minimum Gasteiger partial charge on any atom is -0.619 e. The van der Waals surface area contributed by atoms with E-state index in [-0.39, 0.29) is 0 Å². The number of nitrogens with zero attached hydrogens (tertiary/aromatic N) is 1. The summed E-state index contributed by atoms with van der Waals surface area (Å²) in [4.78, 5) is 0. The van der Waals surface area contributed by atoms with E-state index in [0.717, 1.165) is 5.70 Å². The average Bonchev–Trinajstić information content (AvgIpc) is 2.17. The fraction of sp³-hybridized carbons (Fsp3) is 0.400. The third kappa shape index (κ3) is 0.633. The molecule has 0 aromatic heterocycles. The van der Waals surface area contributed by atoms with Crippen LogP contribution in [0.5, 0.6) is 0 Å². The molecular weight excluding hydrogens is 90.1 g/mol. The Morgan fingerprint density at radius 2 is 2.43 bits per heavy atom. The van der Waals surface area contributed by atoms with Crippen LogP contribution in [0.4, 0.5) is 0 Å². The Balaban J connectivity index is 2.48. The number of hydrogen-bond acceptors (Lipinski definition) is 1. The van der Waals surface area contributed by atoms with Gasteiger partial charge >= 0.3 is 0 Å². The predicted octanol–water partition coefficient (Wildman–Crippen LogP) is 0.731. The van der Waals surface area contributed by atoms with Gasteiger partial charge in [-0.3, -0.25) is 0 Å². The fourth-order valence-corrected chi connectivity index (χ4v) is 0.518. The van der Waals surface area contributed by atoms with E-state index in [0.29, 0.717) is 10.7 Å². The highest BCUT2D eigenvalue weighted by Gasteiger charge is 2.26. The van der Waals surface area contributed by atoms with Crippen LogP contribution in [0.15, 0.2) is 11.8 Å². The average molecular weight is 97.1 g/mol. The summed E-state index contributed by atoms with van der Waals surface area (Å²) in [7, 11) is 0. The molecule has 0 N–H and O–H groups in total. The topological polar surface area (TPSA) is 26.1 Å². The third-order valence-electron chi connectivity index (χ3n) is 1.07. The standard InChI is InChI=1S/C5H7NO/c1-4-3-5(4)6(2)7/h3-4H,2H2,1H3. The highest BCUT2D eigenvalue weighted by molar-refractivity contribution is 5.26. The molecule has 0 fully saturated rings. The Morgan fingerprint density at radius 3 is 2.43 bits per heavy atom. The monoisotopic (exact) mass is 97.1 g/mol. The van der Waals surface area contributed by atoms with E-state index in [4.69, 9.17) is 0 Å². The molecule has 0 saturated carbocycles. The van der Waals surface area contributed by atoms with E-state index in [1.165, 1.54) is 0 Å². The van der Waals surface area contributed by atoms with Gasteiger partial charge in [-0.25, -0.2) is 0 Å². The highest BCUT2D eigenvalue weighted by atomic mass is 16.5. The van der Waals surface area contributed by atoms with E-state index in [1.807, 2.05) is 13.0 Å². The van der Waals surface area contributed by atoms with Gasteiger partial charge in [0.25, 0.3) is 0 Å². The summed E-state index contributed by atoms with van der Waals surface area (Å²) < 4.78 is 0.657. The Hall–Kier alpha value is -0.790. The number of hydroxylamine groups is 1. The van der Waals surface area contributed by atoms with Gasteiger partial charge in [0.1, 0.15) is 6.72 Å². The summed E-state index contributed by atoms with van der Waals surface area (Å²) >= 11 is 0. The van der Waals surface area contributed by atoms with Gasteiger partial charge in [-0.1, -0.05) is 0 Å². The first kappa shape index (κ1) is 4.37. The van der Waals surface area contributed by atoms with Crippen molar-refractivity contribution < 1.29 is 4.74 Å². The van der Waals surface area contributed by atoms with Gasteiger partial charge in [-0.05, 0) is 13.0 Å². The first-order chi connectivity index (χ1) is 3.22. The number of rotatable bonds is 1. The summed E-state index contributed by atoms with van der Waals surface area (Å²) in [5.41, 5.74) is 0.806. The van der Waals surface area contributed by atoms with E-state index in [1.54, 1.807) is 0 Å². The minimum absolute atomic E-state index is 0.384. The molecule has 1 aliphatic carbocycles. The predicted molar refractivity (Wildman–Crippen MR) is 28.0 cm³/mol. The third-order valence-corrected chi connectivity index (χ3v) is 1.07. The van der Waals surface area contributed by atoms with Crippen LogP contribution in [-0.2, 0) is 0 Å². The first-order valence-corrected chi connectivity index (χ1v) is 2.21. The zero-order chi connectivity index (χ0) is 5.44. The zero-order valence-electron chi connectivity index (χ0n) is 4.22. The molecular formula is C5H7NO. The minimum atomic E-state index is 0.384. The molecule has 7 heavy (non-hydrogen) atoms. The Morgan fingerprint density at radius 1 is 2.00 bits per heavy atom. The lowest BCUT2D eigenvalue weighted by molar-refractivity contribution is -0.387. The molecule has 1 unspecified atom stereocenters. The number of allylic oxidation sites excluding steroid dienone is 2. The lowest BCUT2D eigenvalue weighted by atomic mass is 10.4. The Kier molecular flexibility index (Phi) is 0.680. The van der Waals surface area contributed by atoms with Gasteiger partial charge in [-0.15, -0.1) is 0 Å². The molecule has 0 saturated heterocycles.